The highest BCUT2D eigenvalue weighted by Crippen LogP contribution is 2.15. The summed E-state index contributed by atoms with van der Waals surface area (Å²) in [7, 11) is 0. The van der Waals surface area contributed by atoms with Gasteiger partial charge < -0.3 is 11.1 Å². The number of nitrogens with two attached hydrogens (primary N) is 1. The van der Waals surface area contributed by atoms with E-state index >= 15 is 0 Å². The first-order valence-electron chi connectivity index (χ1n) is 3.95. The van der Waals surface area contributed by atoms with E-state index in [1.165, 1.54) is 18.3 Å². The highest BCUT2D eigenvalue weighted by atomic mass is 32.1. The van der Waals surface area contributed by atoms with Crippen LogP contribution in [0.15, 0.2) is 18.3 Å². The molecule has 3 nitrogen and oxygen atoms in total. The molecule has 1 rings (SSSR count). The van der Waals surface area contributed by atoms with Crippen LogP contribution in [-0.4, -0.2) is 22.7 Å². The van der Waals surface area contributed by atoms with Gasteiger partial charge in [0.1, 0.15) is 17.4 Å². The van der Waals surface area contributed by atoms with E-state index in [4.69, 9.17) is 5.73 Å². The molecule has 0 atom stereocenters. The van der Waals surface area contributed by atoms with Gasteiger partial charge in [0.15, 0.2) is 0 Å². The van der Waals surface area contributed by atoms with Gasteiger partial charge >= 0.3 is 6.18 Å². The van der Waals surface area contributed by atoms with Crippen LogP contribution in [0.2, 0.25) is 0 Å². The number of nitrogens with one attached hydrogen (secondary N) is 1. The predicted octanol–water partition coefficient (Wildman–Crippen LogP) is 1.69. The minimum absolute atomic E-state index is 0.132. The summed E-state index contributed by atoms with van der Waals surface area (Å²) in [6.07, 6.45) is -2.94. The maximum absolute atomic E-state index is 11.8. The van der Waals surface area contributed by atoms with E-state index in [2.05, 4.69) is 22.5 Å². The molecule has 1 aromatic heterocycles. The van der Waals surface area contributed by atoms with Gasteiger partial charge in [0, 0.05) is 11.8 Å². The molecule has 0 aliphatic rings. The molecule has 7 heteroatoms. The Kier molecular flexibility index (Phi) is 3.46. The van der Waals surface area contributed by atoms with Gasteiger partial charge in [-0.05, 0) is 12.1 Å². The lowest BCUT2D eigenvalue weighted by molar-refractivity contribution is -0.115. The van der Waals surface area contributed by atoms with Gasteiger partial charge in [0.2, 0.25) is 0 Å². The van der Waals surface area contributed by atoms with Crippen molar-refractivity contribution in [3.05, 3.63) is 23.9 Å². The fraction of sp³-hybridized carbons (Fsp3) is 0.250. The molecule has 82 valence electrons. The fourth-order valence-corrected chi connectivity index (χ4v) is 0.956. The number of rotatable bonds is 3. The second-order valence-electron chi connectivity index (χ2n) is 2.77. The van der Waals surface area contributed by atoms with E-state index < -0.39 is 12.7 Å². The first-order valence-corrected chi connectivity index (χ1v) is 4.36. The Morgan fingerprint density at radius 3 is 2.53 bits per heavy atom. The SMILES string of the molecule is NC(=S)c1ccc(NCC(F)(F)F)nc1. The Balaban J connectivity index is 2.61. The summed E-state index contributed by atoms with van der Waals surface area (Å²) in [5, 5.41) is 2.13. The number of alkyl halides is 3. The molecule has 1 aromatic rings. The quantitative estimate of drug-likeness (QED) is 0.783. The van der Waals surface area contributed by atoms with Gasteiger partial charge in [-0.25, -0.2) is 4.98 Å². The summed E-state index contributed by atoms with van der Waals surface area (Å²) in [6.45, 7) is -1.12. The maximum Gasteiger partial charge on any atom is 0.405 e. The molecule has 0 amide bonds. The van der Waals surface area contributed by atoms with Crippen molar-refractivity contribution >= 4 is 23.0 Å². The molecule has 0 fully saturated rings. The molecule has 0 bridgehead atoms. The molecule has 0 aliphatic carbocycles. The third-order valence-electron chi connectivity index (χ3n) is 1.52. The molecule has 0 aromatic carbocycles. The van der Waals surface area contributed by atoms with Gasteiger partial charge in [-0.2, -0.15) is 13.2 Å². The standard InChI is InChI=1S/C8H8F3N3S/c9-8(10,11)4-14-6-2-1-5(3-13-6)7(12)15/h1-3H,4H2,(H2,12,15)(H,13,14). The normalized spacial score (nSPS) is 11.1. The number of aromatic nitrogens is 1. The third-order valence-corrected chi connectivity index (χ3v) is 1.75. The van der Waals surface area contributed by atoms with Crippen molar-refractivity contribution in [3.8, 4) is 0 Å². The van der Waals surface area contributed by atoms with Crippen LogP contribution in [0, 0.1) is 0 Å². The topological polar surface area (TPSA) is 50.9 Å². The van der Waals surface area contributed by atoms with Crippen molar-refractivity contribution in [3.63, 3.8) is 0 Å². The zero-order valence-electron chi connectivity index (χ0n) is 7.51. The molecule has 0 aliphatic heterocycles. The van der Waals surface area contributed by atoms with E-state index in [1.54, 1.807) is 0 Å². The summed E-state index contributed by atoms with van der Waals surface area (Å²) in [5.41, 5.74) is 5.81. The molecular weight excluding hydrogens is 227 g/mol. The molecule has 0 radical (unpaired) electrons. The number of anilines is 1. The van der Waals surface area contributed by atoms with Crippen molar-refractivity contribution in [2.45, 2.75) is 6.18 Å². The Bertz CT molecular complexity index is 347. The number of hydrogen-bond acceptors (Lipinski definition) is 3. The van der Waals surface area contributed by atoms with Gasteiger partial charge in [-0.15, -0.1) is 0 Å². The number of nitrogens with zero attached hydrogens (tertiary/aromatic N) is 1. The minimum Gasteiger partial charge on any atom is -0.389 e. The van der Waals surface area contributed by atoms with Crippen LogP contribution in [0.1, 0.15) is 5.56 Å². The van der Waals surface area contributed by atoms with Crippen LogP contribution in [0.3, 0.4) is 0 Å². The summed E-state index contributed by atoms with van der Waals surface area (Å²) in [5.74, 6) is 0.132. The van der Waals surface area contributed by atoms with Crippen LogP contribution in [0.25, 0.3) is 0 Å². The predicted molar refractivity (Wildman–Crippen MR) is 54.7 cm³/mol. The van der Waals surface area contributed by atoms with Crippen molar-refractivity contribution in [2.75, 3.05) is 11.9 Å². The second kappa shape index (κ2) is 4.43. The number of hydrogen-bond donors (Lipinski definition) is 2. The Hall–Kier alpha value is -1.37. The van der Waals surface area contributed by atoms with E-state index in [1.807, 2.05) is 0 Å². The van der Waals surface area contributed by atoms with Crippen molar-refractivity contribution in [1.29, 1.82) is 0 Å². The van der Waals surface area contributed by atoms with Gasteiger partial charge in [0.25, 0.3) is 0 Å². The summed E-state index contributed by atoms with van der Waals surface area (Å²) in [4.78, 5) is 3.88. The maximum atomic E-state index is 11.8. The zero-order chi connectivity index (χ0) is 11.5. The summed E-state index contributed by atoms with van der Waals surface area (Å²) < 4.78 is 35.5. The van der Waals surface area contributed by atoms with E-state index in [-0.39, 0.29) is 10.8 Å². The summed E-state index contributed by atoms with van der Waals surface area (Å²) in [6, 6.07) is 2.90. The lowest BCUT2D eigenvalue weighted by Crippen LogP contribution is -2.21. The number of halogens is 3. The van der Waals surface area contributed by atoms with Crippen LogP contribution in [0.5, 0.6) is 0 Å². The number of pyridine rings is 1. The first-order chi connectivity index (χ1) is 6.88. The van der Waals surface area contributed by atoms with Crippen molar-refractivity contribution < 1.29 is 13.2 Å². The highest BCUT2D eigenvalue weighted by molar-refractivity contribution is 7.80. The Morgan fingerprint density at radius 1 is 1.47 bits per heavy atom. The molecule has 15 heavy (non-hydrogen) atoms. The molecule has 0 unspecified atom stereocenters. The Labute approximate surface area is 89.5 Å². The largest absolute Gasteiger partial charge is 0.405 e. The van der Waals surface area contributed by atoms with E-state index in [0.717, 1.165) is 0 Å². The molecule has 0 spiro atoms. The summed E-state index contributed by atoms with van der Waals surface area (Å²) >= 11 is 4.67. The zero-order valence-corrected chi connectivity index (χ0v) is 8.32. The second-order valence-corrected chi connectivity index (χ2v) is 3.20. The highest BCUT2D eigenvalue weighted by Gasteiger charge is 2.26. The minimum atomic E-state index is -4.26. The van der Waals surface area contributed by atoms with Crippen LogP contribution in [0.4, 0.5) is 19.0 Å². The lowest BCUT2D eigenvalue weighted by atomic mass is 10.3. The fourth-order valence-electron chi connectivity index (χ4n) is 0.835. The van der Waals surface area contributed by atoms with Gasteiger partial charge in [0.05, 0.1) is 0 Å². The van der Waals surface area contributed by atoms with Crippen LogP contribution < -0.4 is 11.1 Å². The molecule has 3 N–H and O–H groups in total. The van der Waals surface area contributed by atoms with Gasteiger partial charge in [-0.1, -0.05) is 12.2 Å². The molecule has 0 saturated carbocycles. The van der Waals surface area contributed by atoms with Crippen molar-refractivity contribution in [2.24, 2.45) is 5.73 Å². The lowest BCUT2D eigenvalue weighted by Gasteiger charge is -2.08. The van der Waals surface area contributed by atoms with Gasteiger partial charge in [-0.3, -0.25) is 0 Å². The monoisotopic (exact) mass is 235 g/mol. The third kappa shape index (κ3) is 4.11. The van der Waals surface area contributed by atoms with Crippen LogP contribution >= 0.6 is 12.2 Å². The first kappa shape index (κ1) is 11.7. The molecular formula is C8H8F3N3S. The Morgan fingerprint density at radius 2 is 2.13 bits per heavy atom. The molecule has 0 saturated heterocycles. The molecule has 1 heterocycles. The average molecular weight is 235 g/mol. The smallest absolute Gasteiger partial charge is 0.389 e. The van der Waals surface area contributed by atoms with Crippen molar-refractivity contribution in [1.82, 2.24) is 4.98 Å². The van der Waals surface area contributed by atoms with E-state index in [0.29, 0.717) is 5.56 Å². The number of thiocarbonyl (C=S) groups is 1. The average Bonchev–Trinajstić information content (AvgIpc) is 2.14. The van der Waals surface area contributed by atoms with E-state index in [9.17, 15) is 13.2 Å². The van der Waals surface area contributed by atoms with Crippen LogP contribution in [-0.2, 0) is 0 Å².